The fourth-order valence-electron chi connectivity index (χ4n) is 7.62. The second kappa shape index (κ2) is 11.8. The molecule has 4 N–H and O–H groups in total. The Balaban J connectivity index is 1.58. The van der Waals surface area contributed by atoms with Gasteiger partial charge in [0.1, 0.15) is 11.9 Å². The second-order valence-electron chi connectivity index (χ2n) is 13.2. The largest absolute Gasteiger partial charge is 0.495 e. The van der Waals surface area contributed by atoms with Gasteiger partial charge in [-0.3, -0.25) is 0 Å². The molecule has 2 saturated carbocycles. The Hall–Kier alpha value is -2.27. The van der Waals surface area contributed by atoms with Gasteiger partial charge in [0.15, 0.2) is 18.2 Å². The second-order valence-corrected chi connectivity index (χ2v) is 13.2. The molecule has 3 aliphatic rings. The van der Waals surface area contributed by atoms with Crippen LogP contribution in [0.3, 0.4) is 0 Å². The molecule has 8 nitrogen and oxygen atoms in total. The van der Waals surface area contributed by atoms with Crippen LogP contribution in [0, 0.1) is 33.9 Å². The van der Waals surface area contributed by atoms with Gasteiger partial charge >= 0.3 is 13.1 Å². The first kappa shape index (κ1) is 31.7. The molecule has 0 saturated heterocycles. The van der Waals surface area contributed by atoms with Crippen LogP contribution in [0.4, 0.5) is 4.39 Å². The van der Waals surface area contributed by atoms with Crippen LogP contribution in [-0.4, -0.2) is 54.4 Å². The quantitative estimate of drug-likeness (QED) is 0.232. The Kier molecular flexibility index (Phi) is 9.10. The summed E-state index contributed by atoms with van der Waals surface area (Å²) in [5, 5.41) is 21.8. The first-order valence-corrected chi connectivity index (χ1v) is 14.7. The van der Waals surface area contributed by atoms with Crippen molar-refractivity contribution in [1.82, 2.24) is 0 Å². The number of carbonyl (C=O) groups is 2. The molecule has 1 unspecified atom stereocenters. The summed E-state index contributed by atoms with van der Waals surface area (Å²) in [6, 6.07) is 2.97. The first-order valence-electron chi connectivity index (χ1n) is 14.7. The number of ketones is 1. The highest BCUT2D eigenvalue weighted by molar-refractivity contribution is 6.62. The molecule has 41 heavy (non-hydrogen) atoms. The molecule has 0 amide bonds. The highest BCUT2D eigenvalue weighted by Gasteiger charge is 2.58. The van der Waals surface area contributed by atoms with Crippen molar-refractivity contribution >= 4 is 24.3 Å². The average molecular weight is 574 g/mol. The van der Waals surface area contributed by atoms with E-state index >= 15 is 4.39 Å². The van der Waals surface area contributed by atoms with Crippen LogP contribution in [0.5, 0.6) is 5.75 Å². The van der Waals surface area contributed by atoms with E-state index in [1.807, 2.05) is 6.92 Å². The number of benzene rings is 1. The van der Waals surface area contributed by atoms with Crippen molar-refractivity contribution in [3.63, 3.8) is 0 Å². The van der Waals surface area contributed by atoms with Gasteiger partial charge in [-0.1, -0.05) is 39.8 Å². The minimum absolute atomic E-state index is 0.0402. The van der Waals surface area contributed by atoms with Gasteiger partial charge in [-0.05, 0) is 67.9 Å². The van der Waals surface area contributed by atoms with Gasteiger partial charge in [-0.15, -0.1) is 6.58 Å². The number of nitrogens with two attached hydrogens (primary N) is 1. The van der Waals surface area contributed by atoms with Crippen molar-refractivity contribution in [1.29, 1.82) is 0 Å². The summed E-state index contributed by atoms with van der Waals surface area (Å²) in [5.41, 5.74) is 4.60. The normalized spacial score (nSPS) is 36.6. The van der Waals surface area contributed by atoms with Crippen LogP contribution in [0.2, 0.25) is 0 Å². The number of aliphatic hydroxyl groups excluding tert-OH is 1. The fourth-order valence-corrected chi connectivity index (χ4v) is 7.62. The number of hydrogen-bond donors (Lipinski definition) is 3. The van der Waals surface area contributed by atoms with E-state index in [0.29, 0.717) is 31.2 Å². The minimum atomic E-state index is -1.47. The summed E-state index contributed by atoms with van der Waals surface area (Å²) in [7, 11) is -1.47. The van der Waals surface area contributed by atoms with Crippen LogP contribution in [0.15, 0.2) is 24.8 Å². The van der Waals surface area contributed by atoms with E-state index in [2.05, 4.69) is 27.4 Å². The van der Waals surface area contributed by atoms with Gasteiger partial charge in [0.25, 0.3) is 0 Å². The smallest absolute Gasteiger partial charge is 0.479 e. The number of esters is 1. The number of halogens is 1. The summed E-state index contributed by atoms with van der Waals surface area (Å²) in [5.74, 6) is -1.41. The van der Waals surface area contributed by atoms with Crippen molar-refractivity contribution < 1.29 is 38.2 Å². The highest BCUT2D eigenvalue weighted by Crippen LogP contribution is 2.62. The van der Waals surface area contributed by atoms with E-state index in [4.69, 9.17) is 19.9 Å². The average Bonchev–Trinajstić information content (AvgIpc) is 3.27. The number of ether oxygens (including phenoxy) is 2. The van der Waals surface area contributed by atoms with Crippen LogP contribution < -0.4 is 15.9 Å². The lowest BCUT2D eigenvalue weighted by Crippen LogP contribution is -2.58. The third-order valence-corrected chi connectivity index (χ3v) is 10.7. The van der Waals surface area contributed by atoms with E-state index in [-0.39, 0.29) is 40.8 Å². The van der Waals surface area contributed by atoms with Crippen molar-refractivity contribution in [3.8, 4) is 5.75 Å². The third kappa shape index (κ3) is 5.73. The SMILES string of the molecule is C=C[C@]1(C)C[C@@H](OC(=O)COc2ccc3c(c2F)B(O)OC3CN)[C@@]2(C)C[C@](CCC(C)=O)(CC[C@H]2C)[C@@H](C)[C@@H]1O. The van der Waals surface area contributed by atoms with Crippen molar-refractivity contribution in [2.24, 2.45) is 33.8 Å². The summed E-state index contributed by atoms with van der Waals surface area (Å²) < 4.78 is 32.2. The molecule has 226 valence electrons. The summed E-state index contributed by atoms with van der Waals surface area (Å²) in [6.07, 6.45) is 3.76. The van der Waals surface area contributed by atoms with Crippen LogP contribution in [0.1, 0.15) is 84.8 Å². The van der Waals surface area contributed by atoms with Crippen LogP contribution in [0.25, 0.3) is 0 Å². The zero-order valence-corrected chi connectivity index (χ0v) is 25.0. The molecule has 8 atom stereocenters. The zero-order chi connectivity index (χ0) is 30.3. The predicted octanol–water partition coefficient (Wildman–Crippen LogP) is 3.61. The number of aliphatic hydroxyl groups is 1. The summed E-state index contributed by atoms with van der Waals surface area (Å²) in [4.78, 5) is 25.3. The Morgan fingerprint density at radius 1 is 1.32 bits per heavy atom. The molecule has 0 spiro atoms. The van der Waals surface area contributed by atoms with E-state index in [0.717, 1.165) is 12.8 Å². The first-order chi connectivity index (χ1) is 19.2. The van der Waals surface area contributed by atoms with E-state index in [9.17, 15) is 19.7 Å². The molecule has 1 aromatic rings. The summed E-state index contributed by atoms with van der Waals surface area (Å²) in [6.45, 7) is 13.5. The van der Waals surface area contributed by atoms with Crippen LogP contribution in [-0.2, 0) is 19.0 Å². The molecule has 10 heteroatoms. The molecule has 2 aliphatic carbocycles. The molecule has 0 radical (unpaired) electrons. The Morgan fingerprint density at radius 3 is 2.66 bits per heavy atom. The Morgan fingerprint density at radius 2 is 2.02 bits per heavy atom. The topological polar surface area (TPSA) is 128 Å². The molecule has 1 aromatic carbocycles. The maximum absolute atomic E-state index is 15.2. The summed E-state index contributed by atoms with van der Waals surface area (Å²) >= 11 is 0. The standard InChI is InChI=1S/C31H45BFNO7/c1-7-29(5)14-24(30(6)17-31(12-10-18(30)2,13-11-19(3)35)20(4)28(29)37)40-25(36)16-39-22-9-8-21-23(15-34)41-32(38)26(21)27(22)33/h7-9,18,20,23-24,28,37-38H,1,10-17,34H2,2-6H3/t18-,20+,23?,24-,28+,29-,30+,31-/m1/s1. The van der Waals surface area contributed by atoms with Gasteiger partial charge < -0.3 is 34.8 Å². The van der Waals surface area contributed by atoms with E-state index in [1.165, 1.54) is 6.07 Å². The Bertz CT molecular complexity index is 1180. The van der Waals surface area contributed by atoms with Gasteiger partial charge in [0, 0.05) is 29.3 Å². The molecule has 4 rings (SSSR count). The third-order valence-electron chi connectivity index (χ3n) is 10.7. The van der Waals surface area contributed by atoms with E-state index < -0.39 is 54.7 Å². The highest BCUT2D eigenvalue weighted by atomic mass is 19.1. The predicted molar refractivity (Wildman–Crippen MR) is 154 cm³/mol. The molecular weight excluding hydrogens is 528 g/mol. The molecular formula is C31H45BFNO7. The van der Waals surface area contributed by atoms with Crippen molar-refractivity contribution in [2.75, 3.05) is 13.2 Å². The maximum Gasteiger partial charge on any atom is 0.495 e. The van der Waals surface area contributed by atoms with Gasteiger partial charge in [-0.2, -0.15) is 0 Å². The molecule has 2 bridgehead atoms. The lowest BCUT2D eigenvalue weighted by atomic mass is 9.47. The number of carbonyl (C=O) groups excluding carboxylic acids is 2. The Labute approximate surface area is 242 Å². The van der Waals surface area contributed by atoms with Gasteiger partial charge in [0.2, 0.25) is 0 Å². The van der Waals surface area contributed by atoms with Gasteiger partial charge in [-0.25, -0.2) is 9.18 Å². The molecule has 2 fully saturated rings. The number of hydrogen-bond acceptors (Lipinski definition) is 8. The lowest BCUT2D eigenvalue weighted by Gasteiger charge is -2.60. The minimum Gasteiger partial charge on any atom is -0.479 e. The van der Waals surface area contributed by atoms with Crippen molar-refractivity contribution in [3.05, 3.63) is 36.2 Å². The molecule has 1 aliphatic heterocycles. The number of rotatable bonds is 9. The van der Waals surface area contributed by atoms with Crippen molar-refractivity contribution in [2.45, 2.75) is 91.5 Å². The lowest BCUT2D eigenvalue weighted by molar-refractivity contribution is -0.190. The number of fused-ring (bicyclic) bond motifs is 3. The van der Waals surface area contributed by atoms with Crippen LogP contribution >= 0.6 is 0 Å². The maximum atomic E-state index is 15.2. The number of Topliss-reactive ketones (excluding diaryl/α,β-unsaturated/α-hetero) is 1. The van der Waals surface area contributed by atoms with Gasteiger partial charge in [0.05, 0.1) is 12.2 Å². The zero-order valence-electron chi connectivity index (χ0n) is 25.0. The molecule has 1 heterocycles. The van der Waals surface area contributed by atoms with E-state index in [1.54, 1.807) is 19.1 Å². The monoisotopic (exact) mass is 573 g/mol. The molecule has 0 aromatic heterocycles. The fraction of sp³-hybridized carbons (Fsp3) is 0.677.